The monoisotopic (exact) mass is 318 g/mol. The van der Waals surface area contributed by atoms with E-state index in [9.17, 15) is 14.4 Å². The second-order valence-corrected chi connectivity index (χ2v) is 5.22. The molecule has 1 aromatic heterocycles. The Kier molecular flexibility index (Phi) is 4.95. The minimum absolute atomic E-state index is 0.0830. The van der Waals surface area contributed by atoms with Crippen molar-refractivity contribution < 1.29 is 19.5 Å². The van der Waals surface area contributed by atoms with E-state index in [0.717, 1.165) is 5.52 Å². The molecule has 1 unspecified atom stereocenters. The lowest BCUT2D eigenvalue weighted by Gasteiger charge is -2.21. The van der Waals surface area contributed by atoms with Gasteiger partial charge >= 0.3 is 5.97 Å². The Balaban J connectivity index is 2.01. The number of benzene rings is 1. The van der Waals surface area contributed by atoms with Crippen LogP contribution in [0.3, 0.4) is 0 Å². The number of aliphatic carboxylic acids is 1. The summed E-state index contributed by atoms with van der Waals surface area (Å²) in [6.45, 7) is 1.63. The van der Waals surface area contributed by atoms with Crippen LogP contribution in [-0.2, 0) is 9.59 Å². The van der Waals surface area contributed by atoms with Gasteiger partial charge in [-0.3, -0.25) is 19.5 Å². The highest BCUT2D eigenvalue weighted by Gasteiger charge is 2.22. The van der Waals surface area contributed by atoms with Crippen molar-refractivity contribution in [1.29, 1.82) is 0 Å². The van der Waals surface area contributed by atoms with Gasteiger partial charge in [-0.15, -0.1) is 0 Å². The molecule has 122 valence electrons. The summed E-state index contributed by atoms with van der Waals surface area (Å²) in [5, 5.41) is 18.6. The van der Waals surface area contributed by atoms with E-state index in [2.05, 4.69) is 15.5 Å². The van der Waals surface area contributed by atoms with Crippen molar-refractivity contribution in [2.75, 3.05) is 13.6 Å². The highest BCUT2D eigenvalue weighted by molar-refractivity contribution is 6.05. The molecule has 0 radical (unpaired) electrons. The predicted molar refractivity (Wildman–Crippen MR) is 82.9 cm³/mol. The Morgan fingerprint density at radius 1 is 1.35 bits per heavy atom. The molecule has 2 aromatic rings. The fourth-order valence-electron chi connectivity index (χ4n) is 2.17. The molecule has 3 N–H and O–H groups in total. The van der Waals surface area contributed by atoms with E-state index < -0.39 is 17.9 Å². The van der Waals surface area contributed by atoms with Gasteiger partial charge in [0.2, 0.25) is 5.91 Å². The third-order valence-corrected chi connectivity index (χ3v) is 3.44. The van der Waals surface area contributed by atoms with E-state index in [1.807, 2.05) is 6.07 Å². The molecule has 0 fully saturated rings. The Morgan fingerprint density at radius 3 is 2.74 bits per heavy atom. The van der Waals surface area contributed by atoms with Gasteiger partial charge in [0.05, 0.1) is 11.9 Å². The molecule has 0 bridgehead atoms. The molecule has 0 aliphatic heterocycles. The minimum Gasteiger partial charge on any atom is -0.481 e. The molecule has 2 rings (SSSR count). The number of H-pyrrole nitrogens is 1. The van der Waals surface area contributed by atoms with Gasteiger partial charge in [-0.1, -0.05) is 18.2 Å². The van der Waals surface area contributed by atoms with Crippen molar-refractivity contribution in [2.24, 2.45) is 0 Å². The number of hydrogen-bond acceptors (Lipinski definition) is 4. The summed E-state index contributed by atoms with van der Waals surface area (Å²) < 4.78 is 0. The van der Waals surface area contributed by atoms with Crippen LogP contribution >= 0.6 is 0 Å². The lowest BCUT2D eigenvalue weighted by molar-refractivity contribution is -0.138. The highest BCUT2D eigenvalue weighted by atomic mass is 16.4. The van der Waals surface area contributed by atoms with Crippen molar-refractivity contribution in [2.45, 2.75) is 19.4 Å². The number of carboxylic acid groups (broad SMARTS) is 1. The summed E-state index contributed by atoms with van der Waals surface area (Å²) in [6, 6.07) is 6.40. The van der Waals surface area contributed by atoms with Crippen molar-refractivity contribution in [1.82, 2.24) is 20.4 Å². The second kappa shape index (κ2) is 6.91. The summed E-state index contributed by atoms with van der Waals surface area (Å²) in [5.74, 6) is -1.81. The Bertz CT molecular complexity index is 740. The van der Waals surface area contributed by atoms with E-state index >= 15 is 0 Å². The fraction of sp³-hybridized carbons (Fsp3) is 0.333. The smallest absolute Gasteiger partial charge is 0.305 e. The molecule has 8 nitrogen and oxygen atoms in total. The fourth-order valence-corrected chi connectivity index (χ4v) is 2.17. The van der Waals surface area contributed by atoms with Crippen molar-refractivity contribution in [3.63, 3.8) is 0 Å². The van der Waals surface area contributed by atoms with Crippen molar-refractivity contribution in [3.8, 4) is 0 Å². The molecule has 2 amide bonds. The summed E-state index contributed by atoms with van der Waals surface area (Å²) in [7, 11) is 1.50. The zero-order valence-electron chi connectivity index (χ0n) is 12.9. The van der Waals surface area contributed by atoms with Crippen LogP contribution in [-0.4, -0.2) is 57.6 Å². The molecular weight excluding hydrogens is 300 g/mol. The number of para-hydroxylation sites is 1. The predicted octanol–water partition coefficient (Wildman–Crippen LogP) is 0.614. The molecule has 1 atom stereocenters. The van der Waals surface area contributed by atoms with Crippen LogP contribution < -0.4 is 5.32 Å². The van der Waals surface area contributed by atoms with Gasteiger partial charge in [0.1, 0.15) is 6.04 Å². The number of nitrogens with zero attached hydrogens (tertiary/aromatic N) is 2. The van der Waals surface area contributed by atoms with Gasteiger partial charge in [-0.2, -0.15) is 5.10 Å². The third kappa shape index (κ3) is 3.85. The maximum atomic E-state index is 12.3. The number of carboxylic acids is 1. The van der Waals surface area contributed by atoms with E-state index in [-0.39, 0.29) is 24.6 Å². The van der Waals surface area contributed by atoms with E-state index in [4.69, 9.17) is 5.11 Å². The summed E-state index contributed by atoms with van der Waals surface area (Å²) >= 11 is 0. The van der Waals surface area contributed by atoms with Gasteiger partial charge in [-0.05, 0) is 13.0 Å². The first-order chi connectivity index (χ1) is 10.9. The first-order valence-electron chi connectivity index (χ1n) is 7.11. The quantitative estimate of drug-likeness (QED) is 0.722. The van der Waals surface area contributed by atoms with Gasteiger partial charge in [0, 0.05) is 19.0 Å². The molecular formula is C15H18N4O4. The van der Waals surface area contributed by atoms with Gasteiger partial charge in [0.15, 0.2) is 5.69 Å². The normalized spacial score (nSPS) is 11.9. The van der Waals surface area contributed by atoms with Crippen LogP contribution in [0.5, 0.6) is 0 Å². The number of hydrogen-bond donors (Lipinski definition) is 3. The van der Waals surface area contributed by atoms with Crippen LogP contribution in [0.2, 0.25) is 0 Å². The van der Waals surface area contributed by atoms with Gasteiger partial charge in [0.25, 0.3) is 5.91 Å². The zero-order chi connectivity index (χ0) is 17.0. The zero-order valence-corrected chi connectivity index (χ0v) is 12.9. The van der Waals surface area contributed by atoms with Gasteiger partial charge in [-0.25, -0.2) is 0 Å². The number of carbonyl (C=O) groups excluding carboxylic acids is 2. The lowest BCUT2D eigenvalue weighted by Crippen LogP contribution is -2.46. The molecule has 0 aliphatic carbocycles. The highest BCUT2D eigenvalue weighted by Crippen LogP contribution is 2.14. The van der Waals surface area contributed by atoms with Gasteiger partial charge < -0.3 is 15.3 Å². The number of amides is 2. The number of carbonyl (C=O) groups is 3. The minimum atomic E-state index is -0.982. The SMILES string of the molecule is CC(NC(=O)c1n[nH]c2ccccc12)C(=O)N(C)CCC(=O)O. The first kappa shape index (κ1) is 16.5. The molecule has 0 aliphatic rings. The third-order valence-electron chi connectivity index (χ3n) is 3.44. The van der Waals surface area contributed by atoms with Crippen LogP contribution in [0.25, 0.3) is 10.9 Å². The number of rotatable bonds is 6. The van der Waals surface area contributed by atoms with Crippen LogP contribution in [0.1, 0.15) is 23.8 Å². The Morgan fingerprint density at radius 2 is 2.04 bits per heavy atom. The first-order valence-corrected chi connectivity index (χ1v) is 7.11. The number of fused-ring (bicyclic) bond motifs is 1. The topological polar surface area (TPSA) is 115 Å². The van der Waals surface area contributed by atoms with Crippen molar-refractivity contribution in [3.05, 3.63) is 30.0 Å². The Labute approximate surface area is 132 Å². The van der Waals surface area contributed by atoms with E-state index in [1.54, 1.807) is 25.1 Å². The second-order valence-electron chi connectivity index (χ2n) is 5.22. The molecule has 8 heteroatoms. The average molecular weight is 318 g/mol. The van der Waals surface area contributed by atoms with Crippen LogP contribution in [0, 0.1) is 0 Å². The van der Waals surface area contributed by atoms with Crippen LogP contribution in [0.15, 0.2) is 24.3 Å². The Hall–Kier alpha value is -2.90. The summed E-state index contributed by atoms with van der Waals surface area (Å²) in [5.41, 5.74) is 0.948. The maximum absolute atomic E-state index is 12.3. The van der Waals surface area contributed by atoms with Crippen molar-refractivity contribution >= 4 is 28.7 Å². The molecule has 23 heavy (non-hydrogen) atoms. The van der Waals surface area contributed by atoms with E-state index in [0.29, 0.717) is 5.39 Å². The molecule has 0 spiro atoms. The van der Waals surface area contributed by atoms with E-state index in [1.165, 1.54) is 11.9 Å². The largest absolute Gasteiger partial charge is 0.481 e. The summed E-state index contributed by atoms with van der Waals surface area (Å²) in [4.78, 5) is 36.2. The molecule has 0 saturated heterocycles. The average Bonchev–Trinajstić information content (AvgIpc) is 2.95. The number of nitrogens with one attached hydrogen (secondary N) is 2. The van der Waals surface area contributed by atoms with Crippen LogP contribution in [0.4, 0.5) is 0 Å². The lowest BCUT2D eigenvalue weighted by atomic mass is 10.2. The number of likely N-dealkylation sites (N-methyl/N-ethyl adjacent to an activating group) is 1. The summed E-state index contributed by atoms with van der Waals surface area (Å²) in [6.07, 6.45) is -0.146. The molecule has 0 saturated carbocycles. The standard InChI is InChI=1S/C15H18N4O4/c1-9(15(23)19(2)8-7-12(20)21)16-14(22)13-10-5-3-4-6-11(10)17-18-13/h3-6,9H,7-8H2,1-2H3,(H,16,22)(H,17,18)(H,20,21). The number of aromatic nitrogens is 2. The number of aromatic amines is 1. The molecule has 1 aromatic carbocycles. The molecule has 1 heterocycles. The maximum Gasteiger partial charge on any atom is 0.305 e.